The number of ether oxygens (including phenoxy) is 2. The van der Waals surface area contributed by atoms with Crippen LogP contribution in [0.25, 0.3) is 10.2 Å². The predicted molar refractivity (Wildman–Crippen MR) is 98.9 cm³/mol. The summed E-state index contributed by atoms with van der Waals surface area (Å²) in [5.74, 6) is 0.0971. The first-order valence-electron chi connectivity index (χ1n) is 8.47. The molecule has 5 nitrogen and oxygen atoms in total. The van der Waals surface area contributed by atoms with E-state index in [0.717, 1.165) is 23.1 Å². The lowest BCUT2D eigenvalue weighted by molar-refractivity contribution is -0.0515. The fraction of sp³-hybridized carbons (Fsp3) is 0.263. The van der Waals surface area contributed by atoms with E-state index in [1.54, 1.807) is 0 Å². The third-order valence-electron chi connectivity index (χ3n) is 4.11. The Balaban J connectivity index is 1.53. The molecule has 0 saturated heterocycles. The number of alkyl halides is 2. The van der Waals surface area contributed by atoms with Gasteiger partial charge in [-0.3, -0.25) is 10.1 Å². The molecule has 27 heavy (non-hydrogen) atoms. The Morgan fingerprint density at radius 3 is 2.78 bits per heavy atom. The van der Waals surface area contributed by atoms with Gasteiger partial charge in [0.15, 0.2) is 16.6 Å². The number of rotatable bonds is 7. The molecule has 0 radical (unpaired) electrons. The summed E-state index contributed by atoms with van der Waals surface area (Å²) in [4.78, 5) is 16.9. The third-order valence-corrected chi connectivity index (χ3v) is 5.06. The summed E-state index contributed by atoms with van der Waals surface area (Å²) in [6.45, 7) is -2.54. The van der Waals surface area contributed by atoms with Crippen LogP contribution in [0.5, 0.6) is 11.5 Å². The van der Waals surface area contributed by atoms with Crippen molar-refractivity contribution in [3.05, 3.63) is 48.0 Å². The summed E-state index contributed by atoms with van der Waals surface area (Å²) in [7, 11) is 0. The van der Waals surface area contributed by atoms with Crippen molar-refractivity contribution in [2.45, 2.75) is 19.5 Å². The summed E-state index contributed by atoms with van der Waals surface area (Å²) >= 11 is 1.36. The lowest BCUT2D eigenvalue weighted by Gasteiger charge is -2.13. The van der Waals surface area contributed by atoms with Gasteiger partial charge in [0, 0.05) is 5.56 Å². The summed E-state index contributed by atoms with van der Waals surface area (Å²) in [6.07, 6.45) is 2.12. The molecule has 8 heteroatoms. The lowest BCUT2D eigenvalue weighted by Crippen LogP contribution is -2.13. The van der Waals surface area contributed by atoms with Crippen LogP contribution in [0.15, 0.2) is 42.5 Å². The number of anilines is 1. The largest absolute Gasteiger partial charge is 0.489 e. The molecule has 3 aromatic rings. The molecular formula is C19H16F2N2O3S. The summed E-state index contributed by atoms with van der Waals surface area (Å²) in [5, 5.41) is 3.20. The van der Waals surface area contributed by atoms with Crippen LogP contribution in [-0.2, 0) is 0 Å². The van der Waals surface area contributed by atoms with Crippen LogP contribution in [-0.4, -0.2) is 24.1 Å². The van der Waals surface area contributed by atoms with E-state index in [0.29, 0.717) is 17.7 Å². The minimum atomic E-state index is -2.96. The van der Waals surface area contributed by atoms with Crippen molar-refractivity contribution in [3.63, 3.8) is 0 Å². The Morgan fingerprint density at radius 1 is 1.22 bits per heavy atom. The maximum atomic E-state index is 12.6. The maximum absolute atomic E-state index is 12.6. The van der Waals surface area contributed by atoms with Gasteiger partial charge in [-0.05, 0) is 49.1 Å². The zero-order valence-corrected chi connectivity index (χ0v) is 15.0. The highest BCUT2D eigenvalue weighted by molar-refractivity contribution is 7.22. The molecule has 1 aliphatic rings. The molecule has 1 N–H and O–H groups in total. The van der Waals surface area contributed by atoms with Gasteiger partial charge in [-0.1, -0.05) is 23.5 Å². The average Bonchev–Trinajstić information content (AvgIpc) is 3.38. The molecule has 1 aromatic heterocycles. The minimum absolute atomic E-state index is 0.0813. The van der Waals surface area contributed by atoms with Crippen LogP contribution in [0.4, 0.5) is 13.9 Å². The normalized spacial score (nSPS) is 13.7. The van der Waals surface area contributed by atoms with Crippen molar-refractivity contribution in [3.8, 4) is 11.5 Å². The summed E-state index contributed by atoms with van der Waals surface area (Å²) < 4.78 is 36.2. The first kappa shape index (κ1) is 17.7. The zero-order chi connectivity index (χ0) is 18.8. The van der Waals surface area contributed by atoms with Crippen LogP contribution in [0.1, 0.15) is 23.2 Å². The average molecular weight is 390 g/mol. The second kappa shape index (κ2) is 7.48. The Kier molecular flexibility index (Phi) is 4.89. The van der Waals surface area contributed by atoms with E-state index in [9.17, 15) is 13.6 Å². The van der Waals surface area contributed by atoms with Gasteiger partial charge in [0.2, 0.25) is 0 Å². The first-order valence-corrected chi connectivity index (χ1v) is 9.29. The fourth-order valence-electron chi connectivity index (χ4n) is 2.54. The van der Waals surface area contributed by atoms with Crippen LogP contribution in [0.2, 0.25) is 0 Å². The molecule has 0 atom stereocenters. The van der Waals surface area contributed by atoms with Crippen molar-refractivity contribution in [2.75, 3.05) is 11.9 Å². The Labute approximate surface area is 157 Å². The number of aromatic nitrogens is 1. The number of fused-ring (bicyclic) bond motifs is 1. The summed E-state index contributed by atoms with van der Waals surface area (Å²) in [6, 6.07) is 11.7. The SMILES string of the molecule is O=C(Nc1nc2ccccc2s1)c1ccc(OC(F)F)c(OCC2CC2)c1. The molecule has 0 bridgehead atoms. The first-order chi connectivity index (χ1) is 13.1. The van der Waals surface area contributed by atoms with Gasteiger partial charge in [0.1, 0.15) is 0 Å². The number of nitrogens with zero attached hydrogens (tertiary/aromatic N) is 1. The number of hydrogen-bond donors (Lipinski definition) is 1. The number of nitrogens with one attached hydrogen (secondary N) is 1. The number of amides is 1. The monoisotopic (exact) mass is 390 g/mol. The number of halogens is 2. The van der Waals surface area contributed by atoms with Crippen molar-refractivity contribution in [1.29, 1.82) is 0 Å². The van der Waals surface area contributed by atoms with Crippen molar-refractivity contribution >= 4 is 32.6 Å². The van der Waals surface area contributed by atoms with Crippen molar-refractivity contribution < 1.29 is 23.0 Å². The molecule has 4 rings (SSSR count). The Hall–Kier alpha value is -2.74. The van der Waals surface area contributed by atoms with Gasteiger partial charge in [-0.2, -0.15) is 8.78 Å². The highest BCUT2D eigenvalue weighted by atomic mass is 32.1. The highest BCUT2D eigenvalue weighted by Gasteiger charge is 2.23. The van der Waals surface area contributed by atoms with Crippen molar-refractivity contribution in [2.24, 2.45) is 5.92 Å². The quantitative estimate of drug-likeness (QED) is 0.621. The van der Waals surface area contributed by atoms with Gasteiger partial charge < -0.3 is 9.47 Å². The fourth-order valence-corrected chi connectivity index (χ4v) is 3.40. The second-order valence-electron chi connectivity index (χ2n) is 6.24. The smallest absolute Gasteiger partial charge is 0.387 e. The molecule has 0 unspecified atom stereocenters. The van der Waals surface area contributed by atoms with Crippen LogP contribution in [0, 0.1) is 5.92 Å². The van der Waals surface area contributed by atoms with Gasteiger partial charge in [0.05, 0.1) is 16.8 Å². The predicted octanol–water partition coefficient (Wildman–Crippen LogP) is 4.94. The van der Waals surface area contributed by atoms with E-state index in [2.05, 4.69) is 15.0 Å². The maximum Gasteiger partial charge on any atom is 0.387 e. The number of hydrogen-bond acceptors (Lipinski definition) is 5. The second-order valence-corrected chi connectivity index (χ2v) is 7.27. The lowest BCUT2D eigenvalue weighted by atomic mass is 10.2. The Morgan fingerprint density at radius 2 is 2.04 bits per heavy atom. The number of thiazole rings is 1. The molecule has 1 amide bonds. The van der Waals surface area contributed by atoms with Gasteiger partial charge >= 0.3 is 6.61 Å². The van der Waals surface area contributed by atoms with E-state index in [4.69, 9.17) is 4.74 Å². The van der Waals surface area contributed by atoms with Crippen molar-refractivity contribution in [1.82, 2.24) is 4.98 Å². The number of carbonyl (C=O) groups is 1. The number of carbonyl (C=O) groups excluding carboxylic acids is 1. The zero-order valence-electron chi connectivity index (χ0n) is 14.2. The van der Waals surface area contributed by atoms with E-state index in [1.165, 1.54) is 29.5 Å². The van der Waals surface area contributed by atoms with E-state index in [-0.39, 0.29) is 17.1 Å². The molecule has 1 fully saturated rings. The Bertz CT molecular complexity index is 939. The topological polar surface area (TPSA) is 60.5 Å². The molecule has 1 aliphatic carbocycles. The molecule has 0 spiro atoms. The summed E-state index contributed by atoms with van der Waals surface area (Å²) in [5.41, 5.74) is 1.08. The molecule has 1 saturated carbocycles. The molecular weight excluding hydrogens is 374 g/mol. The van der Waals surface area contributed by atoms with Crippen LogP contribution >= 0.6 is 11.3 Å². The van der Waals surface area contributed by atoms with Crippen LogP contribution < -0.4 is 14.8 Å². The molecule has 1 heterocycles. The highest BCUT2D eigenvalue weighted by Crippen LogP contribution is 2.34. The van der Waals surface area contributed by atoms with E-state index >= 15 is 0 Å². The molecule has 0 aliphatic heterocycles. The van der Waals surface area contributed by atoms with Crippen LogP contribution in [0.3, 0.4) is 0 Å². The van der Waals surface area contributed by atoms with Gasteiger partial charge in [-0.25, -0.2) is 4.98 Å². The van der Waals surface area contributed by atoms with E-state index in [1.807, 2.05) is 24.3 Å². The standard InChI is InChI=1S/C19H16F2N2O3S/c20-18(21)26-14-8-7-12(9-15(14)25-10-11-5-6-11)17(24)23-19-22-13-3-1-2-4-16(13)27-19/h1-4,7-9,11,18H,5-6,10H2,(H,22,23,24). The minimum Gasteiger partial charge on any atom is -0.489 e. The van der Waals surface area contributed by atoms with Gasteiger partial charge in [-0.15, -0.1) is 0 Å². The molecule has 140 valence electrons. The van der Waals surface area contributed by atoms with E-state index < -0.39 is 12.5 Å². The number of benzene rings is 2. The molecule has 2 aromatic carbocycles. The third kappa shape index (κ3) is 4.33. The van der Waals surface area contributed by atoms with Gasteiger partial charge in [0.25, 0.3) is 5.91 Å². The number of para-hydroxylation sites is 1.